The van der Waals surface area contributed by atoms with E-state index < -0.39 is 0 Å². The van der Waals surface area contributed by atoms with Gasteiger partial charge in [-0.3, -0.25) is 14.5 Å². The number of oxazole rings is 1. The van der Waals surface area contributed by atoms with Gasteiger partial charge in [-0.25, -0.2) is 4.98 Å². The van der Waals surface area contributed by atoms with Crippen molar-refractivity contribution in [1.29, 1.82) is 5.41 Å². The van der Waals surface area contributed by atoms with Gasteiger partial charge in [-0.1, -0.05) is 66.7 Å². The quantitative estimate of drug-likeness (QED) is 0.407. The van der Waals surface area contributed by atoms with E-state index in [-0.39, 0.29) is 5.49 Å². The van der Waals surface area contributed by atoms with Crippen LogP contribution in [0.4, 0.5) is 0 Å². The Hall–Kier alpha value is -3.77. The average molecular weight is 411 g/mol. The third kappa shape index (κ3) is 3.17. The molecule has 6 heteroatoms. The fourth-order valence-electron chi connectivity index (χ4n) is 3.48. The minimum atomic E-state index is 0.205. The minimum absolute atomic E-state index is 0.205. The van der Waals surface area contributed by atoms with Gasteiger partial charge >= 0.3 is 0 Å². The van der Waals surface area contributed by atoms with E-state index in [4.69, 9.17) is 22.0 Å². The lowest BCUT2D eigenvalue weighted by molar-refractivity contribution is 0.566. The Morgan fingerprint density at radius 2 is 1.43 bits per heavy atom. The van der Waals surface area contributed by atoms with Crippen molar-refractivity contribution in [1.82, 2.24) is 14.1 Å². The SMILES string of the molecule is N=c1c2nc(-c3ccccc3)oc2n(Cc2ccccc2)c(=S)n1-c1ccccc1. The van der Waals surface area contributed by atoms with Crippen molar-refractivity contribution < 1.29 is 4.42 Å². The monoisotopic (exact) mass is 410 g/mol. The maximum atomic E-state index is 8.83. The molecule has 30 heavy (non-hydrogen) atoms. The van der Waals surface area contributed by atoms with Gasteiger partial charge in [0.15, 0.2) is 15.8 Å². The van der Waals surface area contributed by atoms with Crippen molar-refractivity contribution in [3.8, 4) is 17.1 Å². The maximum Gasteiger partial charge on any atom is 0.234 e. The zero-order valence-corrected chi connectivity index (χ0v) is 16.8. The summed E-state index contributed by atoms with van der Waals surface area (Å²) in [5.41, 5.74) is 3.94. The Morgan fingerprint density at radius 3 is 2.10 bits per heavy atom. The summed E-state index contributed by atoms with van der Waals surface area (Å²) in [5, 5.41) is 8.83. The zero-order valence-electron chi connectivity index (χ0n) is 16.0. The summed E-state index contributed by atoms with van der Waals surface area (Å²) in [6, 6.07) is 29.4. The van der Waals surface area contributed by atoms with Crippen LogP contribution in [0, 0.1) is 10.2 Å². The number of hydrogen-bond donors (Lipinski definition) is 1. The summed E-state index contributed by atoms with van der Waals surface area (Å²) < 4.78 is 10.3. The van der Waals surface area contributed by atoms with Crippen LogP contribution >= 0.6 is 12.2 Å². The van der Waals surface area contributed by atoms with Gasteiger partial charge in [0.2, 0.25) is 11.6 Å². The number of rotatable bonds is 4. The maximum absolute atomic E-state index is 8.83. The van der Waals surface area contributed by atoms with Gasteiger partial charge in [-0.05, 0) is 42.0 Å². The Morgan fingerprint density at radius 1 is 0.833 bits per heavy atom. The predicted molar refractivity (Wildman–Crippen MR) is 119 cm³/mol. The van der Waals surface area contributed by atoms with E-state index in [2.05, 4.69) is 4.98 Å². The van der Waals surface area contributed by atoms with E-state index >= 15 is 0 Å². The molecule has 0 saturated heterocycles. The molecule has 0 aliphatic rings. The Bertz CT molecular complexity index is 1440. The molecule has 146 valence electrons. The largest absolute Gasteiger partial charge is 0.419 e. The molecule has 0 unspecified atom stereocenters. The van der Waals surface area contributed by atoms with Crippen LogP contribution in [0.1, 0.15) is 5.56 Å². The fourth-order valence-corrected chi connectivity index (χ4v) is 3.83. The van der Waals surface area contributed by atoms with Crippen LogP contribution < -0.4 is 5.49 Å². The highest BCUT2D eigenvalue weighted by Gasteiger charge is 2.18. The Balaban J connectivity index is 1.82. The van der Waals surface area contributed by atoms with Crippen LogP contribution in [0.2, 0.25) is 0 Å². The van der Waals surface area contributed by atoms with Crippen molar-refractivity contribution in [2.75, 3.05) is 0 Å². The molecule has 0 aliphatic carbocycles. The standard InChI is InChI=1S/C24H18N4OS/c25-21-20-23(29-22(26-20)18-12-6-2-7-13-18)27(16-17-10-4-1-5-11-17)24(30)28(21)19-14-8-3-9-15-19/h1-15,25H,16H2. The molecule has 5 aromatic rings. The highest BCUT2D eigenvalue weighted by Crippen LogP contribution is 2.24. The number of benzene rings is 3. The molecule has 0 fully saturated rings. The van der Waals surface area contributed by atoms with Gasteiger partial charge in [0.25, 0.3) is 0 Å². The van der Waals surface area contributed by atoms with Crippen molar-refractivity contribution >= 4 is 23.4 Å². The van der Waals surface area contributed by atoms with Crippen LogP contribution in [0.3, 0.4) is 0 Å². The highest BCUT2D eigenvalue weighted by molar-refractivity contribution is 7.71. The van der Waals surface area contributed by atoms with Crippen molar-refractivity contribution in [3.63, 3.8) is 0 Å². The third-order valence-corrected chi connectivity index (χ3v) is 5.35. The summed E-state index contributed by atoms with van der Waals surface area (Å²) in [5.74, 6) is 0.473. The first-order chi connectivity index (χ1) is 14.7. The highest BCUT2D eigenvalue weighted by atomic mass is 32.1. The number of aromatic nitrogens is 3. The normalized spacial score (nSPS) is 11.1. The number of para-hydroxylation sites is 1. The molecule has 2 heterocycles. The summed E-state index contributed by atoms with van der Waals surface area (Å²) in [6.07, 6.45) is 0. The smallest absolute Gasteiger partial charge is 0.234 e. The summed E-state index contributed by atoms with van der Waals surface area (Å²) in [7, 11) is 0. The number of fused-ring (bicyclic) bond motifs is 1. The molecule has 0 aliphatic heterocycles. The molecule has 2 aromatic heterocycles. The van der Waals surface area contributed by atoms with E-state index in [1.54, 1.807) is 4.57 Å². The molecular formula is C24H18N4OS. The first-order valence-corrected chi connectivity index (χ1v) is 9.99. The molecule has 0 bridgehead atoms. The van der Waals surface area contributed by atoms with Gasteiger partial charge in [0.05, 0.1) is 6.54 Å². The second-order valence-electron chi connectivity index (χ2n) is 6.91. The van der Waals surface area contributed by atoms with E-state index in [1.807, 2.05) is 95.6 Å². The van der Waals surface area contributed by atoms with E-state index in [9.17, 15) is 0 Å². The van der Waals surface area contributed by atoms with E-state index in [1.165, 1.54) is 0 Å². The average Bonchev–Trinajstić information content (AvgIpc) is 3.25. The molecular weight excluding hydrogens is 392 g/mol. The number of hydrogen-bond acceptors (Lipinski definition) is 4. The van der Waals surface area contributed by atoms with Crippen LogP contribution in [0.25, 0.3) is 28.4 Å². The molecule has 0 radical (unpaired) electrons. The van der Waals surface area contributed by atoms with Gasteiger partial charge in [-0.15, -0.1) is 0 Å². The van der Waals surface area contributed by atoms with Gasteiger partial charge in [0, 0.05) is 11.3 Å². The van der Waals surface area contributed by atoms with Gasteiger partial charge in [0.1, 0.15) is 0 Å². The summed E-state index contributed by atoms with van der Waals surface area (Å²) >= 11 is 5.83. The van der Waals surface area contributed by atoms with Gasteiger partial charge < -0.3 is 4.42 Å². The molecule has 0 spiro atoms. The topological polar surface area (TPSA) is 59.7 Å². The summed E-state index contributed by atoms with van der Waals surface area (Å²) in [6.45, 7) is 0.521. The molecule has 0 atom stereocenters. The van der Waals surface area contributed by atoms with Crippen molar-refractivity contribution in [2.45, 2.75) is 6.54 Å². The van der Waals surface area contributed by atoms with Crippen LogP contribution in [0.5, 0.6) is 0 Å². The van der Waals surface area contributed by atoms with E-state index in [0.29, 0.717) is 28.4 Å². The number of nitrogens with zero attached hydrogens (tertiary/aromatic N) is 3. The molecule has 5 nitrogen and oxygen atoms in total. The predicted octanol–water partition coefficient (Wildman–Crippen LogP) is 5.34. The van der Waals surface area contributed by atoms with Crippen molar-refractivity contribution in [2.24, 2.45) is 0 Å². The second kappa shape index (κ2) is 7.57. The van der Waals surface area contributed by atoms with Crippen LogP contribution in [-0.2, 0) is 6.54 Å². The lowest BCUT2D eigenvalue weighted by atomic mass is 10.2. The van der Waals surface area contributed by atoms with E-state index in [0.717, 1.165) is 16.8 Å². The van der Waals surface area contributed by atoms with Crippen LogP contribution in [-0.4, -0.2) is 14.1 Å². The molecule has 3 aromatic carbocycles. The fraction of sp³-hybridized carbons (Fsp3) is 0.0417. The molecule has 1 N–H and O–H groups in total. The Kier molecular flexibility index (Phi) is 4.61. The lowest BCUT2D eigenvalue weighted by Gasteiger charge is -2.14. The molecule has 0 saturated carbocycles. The first-order valence-electron chi connectivity index (χ1n) is 9.58. The molecule has 5 rings (SSSR count). The molecule has 0 amide bonds. The lowest BCUT2D eigenvalue weighted by Crippen LogP contribution is -2.24. The first kappa shape index (κ1) is 18.3. The minimum Gasteiger partial charge on any atom is -0.419 e. The summed E-state index contributed by atoms with van der Waals surface area (Å²) in [4.78, 5) is 4.67. The Labute approximate surface area is 178 Å². The van der Waals surface area contributed by atoms with Crippen molar-refractivity contribution in [3.05, 3.63) is 107 Å². The second-order valence-corrected chi connectivity index (χ2v) is 7.28. The third-order valence-electron chi connectivity index (χ3n) is 4.94. The number of nitrogens with one attached hydrogen (secondary N) is 1. The van der Waals surface area contributed by atoms with Crippen LogP contribution in [0.15, 0.2) is 95.4 Å². The van der Waals surface area contributed by atoms with Gasteiger partial charge in [-0.2, -0.15) is 0 Å². The zero-order chi connectivity index (χ0) is 20.5.